The van der Waals surface area contributed by atoms with Crippen LogP contribution in [0.5, 0.6) is 0 Å². The molecule has 2 aliphatic rings. The molecule has 24 heavy (non-hydrogen) atoms. The smallest absolute Gasteiger partial charge is 0.312 e. The van der Waals surface area contributed by atoms with Crippen molar-refractivity contribution < 1.29 is 14.3 Å². The van der Waals surface area contributed by atoms with Crippen molar-refractivity contribution in [1.82, 2.24) is 10.2 Å². The first-order chi connectivity index (χ1) is 11.6. The van der Waals surface area contributed by atoms with Crippen LogP contribution in [0.15, 0.2) is 24.3 Å². The zero-order valence-corrected chi connectivity index (χ0v) is 14.2. The van der Waals surface area contributed by atoms with Gasteiger partial charge >= 0.3 is 11.8 Å². The van der Waals surface area contributed by atoms with Crippen LogP contribution in [0.1, 0.15) is 18.4 Å². The number of amides is 2. The predicted molar refractivity (Wildman–Crippen MR) is 92.0 cm³/mol. The highest BCUT2D eigenvalue weighted by Crippen LogP contribution is 2.18. The molecule has 1 unspecified atom stereocenters. The SMILES string of the molecule is Cc1cccc(N2CCN(C(=O)C(=O)NCC3CCCO3)CC2)c1. The van der Waals surface area contributed by atoms with Gasteiger partial charge in [-0.15, -0.1) is 0 Å². The molecule has 1 atom stereocenters. The third kappa shape index (κ3) is 4.06. The third-order valence-corrected chi connectivity index (χ3v) is 4.64. The average molecular weight is 331 g/mol. The molecule has 1 aromatic carbocycles. The number of carbonyl (C=O) groups is 2. The Hall–Kier alpha value is -2.08. The second kappa shape index (κ2) is 7.66. The van der Waals surface area contributed by atoms with Crippen molar-refractivity contribution in [3.05, 3.63) is 29.8 Å². The highest BCUT2D eigenvalue weighted by molar-refractivity contribution is 6.35. The van der Waals surface area contributed by atoms with E-state index in [0.717, 1.165) is 32.5 Å². The largest absolute Gasteiger partial charge is 0.376 e. The Morgan fingerprint density at radius 2 is 2.04 bits per heavy atom. The summed E-state index contributed by atoms with van der Waals surface area (Å²) < 4.78 is 5.45. The molecule has 1 aromatic rings. The lowest BCUT2D eigenvalue weighted by atomic mass is 10.2. The fourth-order valence-electron chi connectivity index (χ4n) is 3.22. The van der Waals surface area contributed by atoms with Crippen LogP contribution in [0, 0.1) is 6.92 Å². The number of benzene rings is 1. The molecule has 0 saturated carbocycles. The lowest BCUT2D eigenvalue weighted by Crippen LogP contribution is -2.53. The molecule has 0 spiro atoms. The lowest BCUT2D eigenvalue weighted by molar-refractivity contribution is -0.146. The van der Waals surface area contributed by atoms with E-state index in [1.165, 1.54) is 11.3 Å². The molecule has 0 aromatic heterocycles. The Labute approximate surface area is 142 Å². The van der Waals surface area contributed by atoms with Gasteiger partial charge in [-0.2, -0.15) is 0 Å². The van der Waals surface area contributed by atoms with Crippen LogP contribution >= 0.6 is 0 Å². The number of carbonyl (C=O) groups excluding carboxylic acids is 2. The standard InChI is InChI=1S/C18H25N3O3/c1-14-4-2-5-15(12-14)20-7-9-21(10-8-20)18(23)17(22)19-13-16-6-3-11-24-16/h2,4-5,12,16H,3,6-11,13H2,1H3,(H,19,22). The van der Waals surface area contributed by atoms with E-state index in [0.29, 0.717) is 19.6 Å². The topological polar surface area (TPSA) is 61.9 Å². The van der Waals surface area contributed by atoms with Gasteiger partial charge in [-0.05, 0) is 37.5 Å². The van der Waals surface area contributed by atoms with Gasteiger partial charge in [0.05, 0.1) is 6.10 Å². The minimum absolute atomic E-state index is 0.0555. The number of aryl methyl sites for hydroxylation is 1. The van der Waals surface area contributed by atoms with Crippen LogP contribution in [0.3, 0.4) is 0 Å². The van der Waals surface area contributed by atoms with Gasteiger partial charge in [-0.1, -0.05) is 12.1 Å². The van der Waals surface area contributed by atoms with Crippen molar-refractivity contribution in [1.29, 1.82) is 0 Å². The van der Waals surface area contributed by atoms with E-state index in [1.807, 2.05) is 6.07 Å². The summed E-state index contributed by atoms with van der Waals surface area (Å²) >= 11 is 0. The summed E-state index contributed by atoms with van der Waals surface area (Å²) in [5.74, 6) is -0.952. The Morgan fingerprint density at radius 1 is 1.25 bits per heavy atom. The van der Waals surface area contributed by atoms with E-state index in [4.69, 9.17) is 4.74 Å². The van der Waals surface area contributed by atoms with Gasteiger partial charge in [-0.25, -0.2) is 0 Å². The van der Waals surface area contributed by atoms with Crippen molar-refractivity contribution in [3.63, 3.8) is 0 Å². The summed E-state index contributed by atoms with van der Waals surface area (Å²) in [6.45, 7) is 5.87. The second-order valence-electron chi connectivity index (χ2n) is 6.46. The molecular formula is C18H25N3O3. The van der Waals surface area contributed by atoms with Crippen LogP contribution < -0.4 is 10.2 Å². The first-order valence-corrected chi connectivity index (χ1v) is 8.64. The van der Waals surface area contributed by atoms with Gasteiger partial charge in [-0.3, -0.25) is 9.59 Å². The van der Waals surface area contributed by atoms with Crippen molar-refractivity contribution in [3.8, 4) is 0 Å². The second-order valence-corrected chi connectivity index (χ2v) is 6.46. The van der Waals surface area contributed by atoms with Crippen LogP contribution in [0.25, 0.3) is 0 Å². The molecule has 2 amide bonds. The number of anilines is 1. The van der Waals surface area contributed by atoms with Gasteiger partial charge in [0.15, 0.2) is 0 Å². The molecule has 0 aliphatic carbocycles. The molecule has 1 N–H and O–H groups in total. The Balaban J connectivity index is 1.46. The maximum absolute atomic E-state index is 12.3. The molecule has 130 valence electrons. The monoisotopic (exact) mass is 331 g/mol. The molecule has 2 aliphatic heterocycles. The van der Waals surface area contributed by atoms with Gasteiger partial charge < -0.3 is 19.9 Å². The molecule has 2 saturated heterocycles. The van der Waals surface area contributed by atoms with Crippen LogP contribution in [0.2, 0.25) is 0 Å². The average Bonchev–Trinajstić information content (AvgIpc) is 3.13. The molecular weight excluding hydrogens is 306 g/mol. The summed E-state index contributed by atoms with van der Waals surface area (Å²) in [5, 5.41) is 2.70. The Morgan fingerprint density at radius 3 is 2.71 bits per heavy atom. The van der Waals surface area contributed by atoms with Crippen molar-refractivity contribution >= 4 is 17.5 Å². The molecule has 2 heterocycles. The van der Waals surface area contributed by atoms with Gasteiger partial charge in [0.2, 0.25) is 0 Å². The third-order valence-electron chi connectivity index (χ3n) is 4.64. The fourth-order valence-corrected chi connectivity index (χ4v) is 3.22. The quantitative estimate of drug-likeness (QED) is 0.838. The summed E-state index contributed by atoms with van der Waals surface area (Å²) in [6, 6.07) is 8.34. The number of piperazine rings is 1. The number of hydrogen-bond acceptors (Lipinski definition) is 4. The van der Waals surface area contributed by atoms with Crippen molar-refractivity contribution in [2.45, 2.75) is 25.9 Å². The Kier molecular flexibility index (Phi) is 5.35. The zero-order chi connectivity index (χ0) is 16.9. The maximum Gasteiger partial charge on any atom is 0.312 e. The number of ether oxygens (including phenoxy) is 1. The number of nitrogens with zero attached hydrogens (tertiary/aromatic N) is 2. The highest BCUT2D eigenvalue weighted by Gasteiger charge is 2.27. The first kappa shape index (κ1) is 16.8. The lowest BCUT2D eigenvalue weighted by Gasteiger charge is -2.35. The summed E-state index contributed by atoms with van der Waals surface area (Å²) in [5.41, 5.74) is 2.39. The number of rotatable bonds is 3. The van der Waals surface area contributed by atoms with E-state index in [9.17, 15) is 9.59 Å². The molecule has 6 heteroatoms. The van der Waals surface area contributed by atoms with E-state index in [1.54, 1.807) is 4.90 Å². The summed E-state index contributed by atoms with van der Waals surface area (Å²) in [6.07, 6.45) is 2.03. The molecule has 0 radical (unpaired) electrons. The van der Waals surface area contributed by atoms with Crippen LogP contribution in [0.4, 0.5) is 5.69 Å². The molecule has 3 rings (SSSR count). The molecule has 6 nitrogen and oxygen atoms in total. The normalized spacial score (nSPS) is 21.0. The maximum atomic E-state index is 12.3. The first-order valence-electron chi connectivity index (χ1n) is 8.64. The van der Waals surface area contributed by atoms with E-state index in [-0.39, 0.29) is 6.10 Å². The number of hydrogen-bond donors (Lipinski definition) is 1. The fraction of sp³-hybridized carbons (Fsp3) is 0.556. The summed E-state index contributed by atoms with van der Waals surface area (Å²) in [4.78, 5) is 28.2. The Bertz CT molecular complexity index is 591. The van der Waals surface area contributed by atoms with Crippen LogP contribution in [-0.2, 0) is 14.3 Å². The molecule has 2 fully saturated rings. The van der Waals surface area contributed by atoms with Crippen LogP contribution in [-0.4, -0.2) is 62.1 Å². The van der Waals surface area contributed by atoms with E-state index in [2.05, 4.69) is 35.3 Å². The zero-order valence-electron chi connectivity index (χ0n) is 14.2. The van der Waals surface area contributed by atoms with Gasteiger partial charge in [0.25, 0.3) is 0 Å². The van der Waals surface area contributed by atoms with Crippen molar-refractivity contribution in [2.24, 2.45) is 0 Å². The number of nitrogens with one attached hydrogen (secondary N) is 1. The minimum atomic E-state index is -0.519. The van der Waals surface area contributed by atoms with E-state index >= 15 is 0 Å². The summed E-state index contributed by atoms with van der Waals surface area (Å²) in [7, 11) is 0. The predicted octanol–water partition coefficient (Wildman–Crippen LogP) is 0.939. The minimum Gasteiger partial charge on any atom is -0.376 e. The van der Waals surface area contributed by atoms with E-state index < -0.39 is 11.8 Å². The van der Waals surface area contributed by atoms with Gasteiger partial charge in [0.1, 0.15) is 0 Å². The highest BCUT2D eigenvalue weighted by atomic mass is 16.5. The van der Waals surface area contributed by atoms with Gasteiger partial charge in [0, 0.05) is 45.0 Å². The van der Waals surface area contributed by atoms with Crippen molar-refractivity contribution in [2.75, 3.05) is 44.2 Å². The molecule has 0 bridgehead atoms.